The second-order valence-corrected chi connectivity index (χ2v) is 4.66. The van der Waals surface area contributed by atoms with E-state index in [-0.39, 0.29) is 5.41 Å². The van der Waals surface area contributed by atoms with E-state index in [0.717, 1.165) is 5.56 Å². The number of ether oxygens (including phenoxy) is 3. The minimum atomic E-state index is 0.0484. The van der Waals surface area contributed by atoms with Crippen LogP contribution in [0.2, 0.25) is 0 Å². The van der Waals surface area contributed by atoms with Crippen LogP contribution in [-0.2, 0) is 5.41 Å². The molecule has 0 heterocycles. The summed E-state index contributed by atoms with van der Waals surface area (Å²) in [6.07, 6.45) is 0. The molecule has 0 radical (unpaired) electrons. The van der Waals surface area contributed by atoms with Crippen LogP contribution >= 0.6 is 0 Å². The highest BCUT2D eigenvalue weighted by atomic mass is 16.5. The van der Waals surface area contributed by atoms with Gasteiger partial charge in [0.25, 0.3) is 0 Å². The second kappa shape index (κ2) is 4.64. The molecule has 0 unspecified atom stereocenters. The molecule has 1 aromatic rings. The van der Waals surface area contributed by atoms with Crippen molar-refractivity contribution in [3.63, 3.8) is 0 Å². The molecule has 0 fully saturated rings. The fourth-order valence-electron chi connectivity index (χ4n) is 1.51. The number of rotatable bonds is 3. The molecule has 0 N–H and O–H groups in total. The smallest absolute Gasteiger partial charge is 0.203 e. The van der Waals surface area contributed by atoms with Crippen LogP contribution in [0.25, 0.3) is 0 Å². The van der Waals surface area contributed by atoms with Gasteiger partial charge in [0.1, 0.15) is 0 Å². The van der Waals surface area contributed by atoms with Crippen LogP contribution in [0.5, 0.6) is 17.2 Å². The summed E-state index contributed by atoms with van der Waals surface area (Å²) in [6.45, 7) is 6.44. The van der Waals surface area contributed by atoms with Crippen molar-refractivity contribution >= 4 is 0 Å². The van der Waals surface area contributed by atoms with Crippen LogP contribution < -0.4 is 14.2 Å². The van der Waals surface area contributed by atoms with Crippen LogP contribution in [0, 0.1) is 0 Å². The first-order valence-electron chi connectivity index (χ1n) is 5.24. The fraction of sp³-hybridized carbons (Fsp3) is 0.538. The third-order valence-electron chi connectivity index (χ3n) is 2.53. The molecule has 0 saturated carbocycles. The standard InChI is InChI=1S/C13H20O3/c1-13(2,3)9-7-10(14-4)12(16-6)11(8-9)15-5/h7-8H,1-6H3. The van der Waals surface area contributed by atoms with E-state index in [1.54, 1.807) is 21.3 Å². The maximum absolute atomic E-state index is 5.31. The van der Waals surface area contributed by atoms with Crippen molar-refractivity contribution in [1.29, 1.82) is 0 Å². The van der Waals surface area contributed by atoms with Crippen LogP contribution in [0.1, 0.15) is 26.3 Å². The van der Waals surface area contributed by atoms with E-state index in [1.165, 1.54) is 0 Å². The van der Waals surface area contributed by atoms with Crippen LogP contribution in [0.15, 0.2) is 12.1 Å². The van der Waals surface area contributed by atoms with Crippen LogP contribution in [0.3, 0.4) is 0 Å². The van der Waals surface area contributed by atoms with Gasteiger partial charge in [-0.2, -0.15) is 0 Å². The molecule has 3 nitrogen and oxygen atoms in total. The molecule has 3 heteroatoms. The molecule has 1 aromatic carbocycles. The van der Waals surface area contributed by atoms with Gasteiger partial charge < -0.3 is 14.2 Å². The average Bonchev–Trinajstić information content (AvgIpc) is 2.25. The van der Waals surface area contributed by atoms with Gasteiger partial charge in [-0.25, -0.2) is 0 Å². The van der Waals surface area contributed by atoms with Gasteiger partial charge in [-0.1, -0.05) is 20.8 Å². The van der Waals surface area contributed by atoms with Crippen molar-refractivity contribution in [2.24, 2.45) is 0 Å². The lowest BCUT2D eigenvalue weighted by Crippen LogP contribution is -2.11. The third kappa shape index (κ3) is 2.40. The zero-order chi connectivity index (χ0) is 12.3. The molecular formula is C13H20O3. The Balaban J connectivity index is 3.37. The summed E-state index contributed by atoms with van der Waals surface area (Å²) in [7, 11) is 4.87. The van der Waals surface area contributed by atoms with E-state index < -0.39 is 0 Å². The first-order valence-corrected chi connectivity index (χ1v) is 5.24. The first-order chi connectivity index (χ1) is 7.43. The Kier molecular flexibility index (Phi) is 3.68. The predicted molar refractivity (Wildman–Crippen MR) is 64.8 cm³/mol. The number of benzene rings is 1. The molecule has 0 atom stereocenters. The minimum Gasteiger partial charge on any atom is -0.493 e. The molecule has 0 spiro atoms. The first kappa shape index (κ1) is 12.7. The second-order valence-electron chi connectivity index (χ2n) is 4.66. The van der Waals surface area contributed by atoms with Gasteiger partial charge in [-0.05, 0) is 23.1 Å². The van der Waals surface area contributed by atoms with E-state index in [9.17, 15) is 0 Å². The van der Waals surface area contributed by atoms with Gasteiger partial charge in [-0.3, -0.25) is 0 Å². The SMILES string of the molecule is COc1cc(C(C)(C)C)cc(OC)c1OC. The Labute approximate surface area is 97.3 Å². The quantitative estimate of drug-likeness (QED) is 0.790. The van der Waals surface area contributed by atoms with Gasteiger partial charge in [0.2, 0.25) is 5.75 Å². The lowest BCUT2D eigenvalue weighted by Gasteiger charge is -2.22. The molecule has 0 aliphatic heterocycles. The fourth-order valence-corrected chi connectivity index (χ4v) is 1.51. The van der Waals surface area contributed by atoms with E-state index in [0.29, 0.717) is 17.2 Å². The van der Waals surface area contributed by atoms with E-state index >= 15 is 0 Å². The number of methoxy groups -OCH3 is 3. The average molecular weight is 224 g/mol. The lowest BCUT2D eigenvalue weighted by molar-refractivity contribution is 0.322. The molecule has 90 valence electrons. The van der Waals surface area contributed by atoms with Crippen molar-refractivity contribution < 1.29 is 14.2 Å². The highest BCUT2D eigenvalue weighted by Crippen LogP contribution is 2.41. The minimum absolute atomic E-state index is 0.0484. The van der Waals surface area contributed by atoms with Gasteiger partial charge in [0.15, 0.2) is 11.5 Å². The van der Waals surface area contributed by atoms with Gasteiger partial charge in [0.05, 0.1) is 21.3 Å². The van der Waals surface area contributed by atoms with Gasteiger partial charge in [0, 0.05) is 0 Å². The summed E-state index contributed by atoms with van der Waals surface area (Å²) in [6, 6.07) is 3.97. The van der Waals surface area contributed by atoms with E-state index in [4.69, 9.17) is 14.2 Å². The molecule has 0 amide bonds. The van der Waals surface area contributed by atoms with Crippen molar-refractivity contribution in [3.05, 3.63) is 17.7 Å². The Morgan fingerprint density at radius 3 is 1.50 bits per heavy atom. The van der Waals surface area contributed by atoms with Gasteiger partial charge in [-0.15, -0.1) is 0 Å². The maximum atomic E-state index is 5.31. The summed E-state index contributed by atoms with van der Waals surface area (Å²) in [5.41, 5.74) is 1.20. The summed E-state index contributed by atoms with van der Waals surface area (Å²) in [5.74, 6) is 2.04. The van der Waals surface area contributed by atoms with Crippen molar-refractivity contribution in [3.8, 4) is 17.2 Å². The summed E-state index contributed by atoms with van der Waals surface area (Å²) >= 11 is 0. The maximum Gasteiger partial charge on any atom is 0.203 e. The Hall–Kier alpha value is -1.38. The van der Waals surface area contributed by atoms with Crippen molar-refractivity contribution in [1.82, 2.24) is 0 Å². The molecular weight excluding hydrogens is 204 g/mol. The Morgan fingerprint density at radius 2 is 1.25 bits per heavy atom. The largest absolute Gasteiger partial charge is 0.493 e. The summed E-state index contributed by atoms with van der Waals surface area (Å²) in [4.78, 5) is 0. The summed E-state index contributed by atoms with van der Waals surface area (Å²) < 4.78 is 15.9. The van der Waals surface area contributed by atoms with Crippen LogP contribution in [-0.4, -0.2) is 21.3 Å². The number of hydrogen-bond donors (Lipinski definition) is 0. The Bertz CT molecular complexity index is 339. The Morgan fingerprint density at radius 1 is 0.812 bits per heavy atom. The van der Waals surface area contributed by atoms with E-state index in [1.807, 2.05) is 12.1 Å². The highest BCUT2D eigenvalue weighted by molar-refractivity contribution is 5.55. The normalized spacial score (nSPS) is 11.1. The molecule has 16 heavy (non-hydrogen) atoms. The van der Waals surface area contributed by atoms with Gasteiger partial charge >= 0.3 is 0 Å². The predicted octanol–water partition coefficient (Wildman–Crippen LogP) is 3.01. The zero-order valence-electron chi connectivity index (χ0n) is 10.9. The molecule has 0 aromatic heterocycles. The molecule has 0 bridgehead atoms. The highest BCUT2D eigenvalue weighted by Gasteiger charge is 2.20. The van der Waals surface area contributed by atoms with Crippen molar-refractivity contribution in [2.75, 3.05) is 21.3 Å². The molecule has 0 aliphatic rings. The van der Waals surface area contributed by atoms with Crippen molar-refractivity contribution in [2.45, 2.75) is 26.2 Å². The monoisotopic (exact) mass is 224 g/mol. The molecule has 0 aliphatic carbocycles. The topological polar surface area (TPSA) is 27.7 Å². The zero-order valence-corrected chi connectivity index (χ0v) is 10.9. The lowest BCUT2D eigenvalue weighted by atomic mass is 9.86. The third-order valence-corrected chi connectivity index (χ3v) is 2.53. The molecule has 0 saturated heterocycles. The van der Waals surface area contributed by atoms with Crippen LogP contribution in [0.4, 0.5) is 0 Å². The summed E-state index contributed by atoms with van der Waals surface area (Å²) in [5, 5.41) is 0. The molecule has 1 rings (SSSR count). The number of hydrogen-bond acceptors (Lipinski definition) is 3. The van der Waals surface area contributed by atoms with E-state index in [2.05, 4.69) is 20.8 Å².